The molecule has 1 unspecified atom stereocenters. The second kappa shape index (κ2) is 17.2. The van der Waals surface area contributed by atoms with Gasteiger partial charge in [0.05, 0.1) is 41.9 Å². The highest BCUT2D eigenvalue weighted by molar-refractivity contribution is 6.39. The van der Waals surface area contributed by atoms with E-state index in [1.54, 1.807) is 13.3 Å². The molecular formula is C39H42Cl2N8O3. The predicted molar refractivity (Wildman–Crippen MR) is 206 cm³/mol. The third-order valence-electron chi connectivity index (χ3n) is 9.45. The Hall–Kier alpha value is -4.68. The highest BCUT2D eigenvalue weighted by Crippen LogP contribution is 2.40. The van der Waals surface area contributed by atoms with Crippen LogP contribution in [-0.4, -0.2) is 84.6 Å². The van der Waals surface area contributed by atoms with Crippen LogP contribution in [0.15, 0.2) is 88.7 Å². The summed E-state index contributed by atoms with van der Waals surface area (Å²) in [5.41, 5.74) is 6.72. The number of hydrogen-bond donors (Lipinski definition) is 2. The van der Waals surface area contributed by atoms with E-state index in [-0.39, 0.29) is 11.9 Å². The van der Waals surface area contributed by atoms with Crippen molar-refractivity contribution in [2.45, 2.75) is 44.7 Å². The zero-order chi connectivity index (χ0) is 36.6. The van der Waals surface area contributed by atoms with Crippen molar-refractivity contribution >= 4 is 41.5 Å². The van der Waals surface area contributed by atoms with Gasteiger partial charge >= 0.3 is 0 Å². The molecule has 4 aromatic rings. The zero-order valence-electron chi connectivity index (χ0n) is 29.5. The van der Waals surface area contributed by atoms with Gasteiger partial charge in [-0.25, -0.2) is 9.98 Å². The molecule has 2 aliphatic heterocycles. The summed E-state index contributed by atoms with van der Waals surface area (Å²) in [5, 5.41) is 7.23. The molecule has 0 saturated carbocycles. The van der Waals surface area contributed by atoms with Crippen LogP contribution >= 0.6 is 23.2 Å². The lowest BCUT2D eigenvalue weighted by atomic mass is 9.98. The average molecular weight is 742 g/mol. The van der Waals surface area contributed by atoms with E-state index in [0.717, 1.165) is 42.8 Å². The van der Waals surface area contributed by atoms with E-state index >= 15 is 0 Å². The Bertz CT molecular complexity index is 1990. The van der Waals surface area contributed by atoms with Crippen molar-refractivity contribution < 1.29 is 14.3 Å². The number of pyridine rings is 1. The van der Waals surface area contributed by atoms with Crippen molar-refractivity contribution in [1.29, 1.82) is 0 Å². The minimum Gasteiger partial charge on any atom is -0.480 e. The van der Waals surface area contributed by atoms with Crippen LogP contribution in [-0.2, 0) is 16.1 Å². The number of methoxy groups -OCH3 is 2. The van der Waals surface area contributed by atoms with Crippen molar-refractivity contribution in [2.75, 3.05) is 40.4 Å². The lowest BCUT2D eigenvalue weighted by Crippen LogP contribution is -2.36. The Labute approximate surface area is 314 Å². The van der Waals surface area contributed by atoms with Crippen LogP contribution in [0.25, 0.3) is 22.4 Å². The van der Waals surface area contributed by atoms with Gasteiger partial charge in [-0.15, -0.1) is 0 Å². The van der Waals surface area contributed by atoms with Gasteiger partial charge in [-0.05, 0) is 56.6 Å². The van der Waals surface area contributed by atoms with E-state index in [1.807, 2.05) is 55.7 Å². The third kappa shape index (κ3) is 8.50. The Kier molecular flexibility index (Phi) is 12.3. The van der Waals surface area contributed by atoms with E-state index in [0.29, 0.717) is 82.0 Å². The normalized spacial score (nSPS) is 18.2. The average Bonchev–Trinajstić information content (AvgIpc) is 3.82. The second-order valence-electron chi connectivity index (χ2n) is 12.8. The van der Waals surface area contributed by atoms with Gasteiger partial charge in [0, 0.05) is 73.3 Å². The SMILES string of the molecule is C=N/C(CNC[C@@H]1CCC(=O)N1)=C(\N=C(/C)c1cccc(-c2cccc(-c3cnc(CN4CCC(c5ccncc5)C4)c(OC)n3)c2Cl)c1Cl)OC. The van der Waals surface area contributed by atoms with Crippen molar-refractivity contribution in [3.8, 4) is 28.3 Å². The molecule has 0 spiro atoms. The van der Waals surface area contributed by atoms with Gasteiger partial charge in [-0.1, -0.05) is 59.6 Å². The number of aromatic nitrogens is 3. The van der Waals surface area contributed by atoms with Gasteiger partial charge < -0.3 is 20.1 Å². The summed E-state index contributed by atoms with van der Waals surface area (Å²) in [4.78, 5) is 36.6. The summed E-state index contributed by atoms with van der Waals surface area (Å²) in [6.45, 7) is 9.07. The molecule has 2 fully saturated rings. The Balaban J connectivity index is 1.21. The topological polar surface area (TPSA) is 126 Å². The number of rotatable bonds is 14. The minimum atomic E-state index is 0.0709. The van der Waals surface area contributed by atoms with Crippen LogP contribution in [0, 0.1) is 0 Å². The fraction of sp³-hybridized carbons (Fsp3) is 0.333. The van der Waals surface area contributed by atoms with Crippen molar-refractivity contribution in [3.05, 3.63) is 106 Å². The smallest absolute Gasteiger partial charge is 0.237 e. The number of nitrogens with zero attached hydrogens (tertiary/aromatic N) is 6. The van der Waals surface area contributed by atoms with Crippen LogP contribution in [0.5, 0.6) is 5.88 Å². The van der Waals surface area contributed by atoms with Gasteiger partial charge in [0.1, 0.15) is 11.4 Å². The molecule has 13 heteroatoms. The number of aliphatic imine (C=N–C) groups is 2. The largest absolute Gasteiger partial charge is 0.480 e. The number of halogens is 2. The van der Waals surface area contributed by atoms with E-state index in [1.165, 1.54) is 12.7 Å². The van der Waals surface area contributed by atoms with Crippen molar-refractivity contribution in [1.82, 2.24) is 30.5 Å². The molecule has 2 saturated heterocycles. The van der Waals surface area contributed by atoms with Gasteiger partial charge in [-0.2, -0.15) is 0 Å². The molecule has 0 aliphatic carbocycles. The maximum absolute atomic E-state index is 11.5. The van der Waals surface area contributed by atoms with E-state index < -0.39 is 0 Å². The summed E-state index contributed by atoms with van der Waals surface area (Å²) in [5.74, 6) is 1.31. The van der Waals surface area contributed by atoms with Crippen LogP contribution < -0.4 is 15.4 Å². The number of ether oxygens (including phenoxy) is 2. The molecule has 6 rings (SSSR count). The Morgan fingerprint density at radius 1 is 1.06 bits per heavy atom. The van der Waals surface area contributed by atoms with Crippen molar-refractivity contribution in [3.63, 3.8) is 0 Å². The molecule has 0 radical (unpaired) electrons. The highest BCUT2D eigenvalue weighted by Gasteiger charge is 2.26. The molecule has 2 aromatic heterocycles. The maximum atomic E-state index is 11.5. The number of carbonyl (C=O) groups excluding carboxylic acids is 1. The first-order valence-corrected chi connectivity index (χ1v) is 17.9. The van der Waals surface area contributed by atoms with E-state index in [4.69, 9.17) is 47.6 Å². The van der Waals surface area contributed by atoms with Crippen LogP contribution in [0.2, 0.25) is 10.0 Å². The lowest BCUT2D eigenvalue weighted by Gasteiger charge is -2.18. The van der Waals surface area contributed by atoms with Crippen LogP contribution in [0.1, 0.15) is 48.9 Å². The summed E-state index contributed by atoms with van der Waals surface area (Å²) < 4.78 is 11.3. The molecule has 2 N–H and O–H groups in total. The van der Waals surface area contributed by atoms with Crippen LogP contribution in [0.3, 0.4) is 0 Å². The first-order valence-electron chi connectivity index (χ1n) is 17.2. The maximum Gasteiger partial charge on any atom is 0.237 e. The second-order valence-corrected chi connectivity index (χ2v) is 13.5. The van der Waals surface area contributed by atoms with E-state index in [9.17, 15) is 4.79 Å². The molecule has 2 aliphatic rings. The fourth-order valence-corrected chi connectivity index (χ4v) is 7.38. The molecule has 2 atom stereocenters. The van der Waals surface area contributed by atoms with Crippen molar-refractivity contribution in [2.24, 2.45) is 9.98 Å². The molecule has 11 nitrogen and oxygen atoms in total. The fourth-order valence-electron chi connectivity index (χ4n) is 6.69. The number of carbonyl (C=O) groups is 1. The molecule has 0 bridgehead atoms. The van der Waals surface area contributed by atoms with Gasteiger partial charge in [-0.3, -0.25) is 24.7 Å². The monoisotopic (exact) mass is 740 g/mol. The Morgan fingerprint density at radius 3 is 2.52 bits per heavy atom. The number of nitrogens with one attached hydrogen (secondary N) is 2. The summed E-state index contributed by atoms with van der Waals surface area (Å²) in [6.07, 6.45) is 7.86. The molecule has 1 amide bonds. The van der Waals surface area contributed by atoms with Gasteiger partial charge in [0.2, 0.25) is 17.7 Å². The lowest BCUT2D eigenvalue weighted by molar-refractivity contribution is -0.119. The number of hydrogen-bond acceptors (Lipinski definition) is 10. The first kappa shape index (κ1) is 37.1. The quantitative estimate of drug-likeness (QED) is 0.108. The zero-order valence-corrected chi connectivity index (χ0v) is 31.0. The molecule has 52 heavy (non-hydrogen) atoms. The Morgan fingerprint density at radius 2 is 1.81 bits per heavy atom. The standard InChI is InChI=1S/C39H42Cl2N8O3/c1-24(46-38(51-3)33(42-2)20-44-19-27-11-12-35(50)47-27)28-7-5-8-29(36(28)40)30-9-6-10-31(37(30)41)32-21-45-34(39(48-32)52-4)23-49-18-15-26(22-49)25-13-16-43-17-14-25/h5-10,13-14,16-17,21,26-27,44H,2,11-12,15,18-20,22-23H2,1,3-4H3,(H,47,50)/b38-33+,46-24+/t26?,27-/m0/s1. The first-order chi connectivity index (χ1) is 25.3. The molecular weight excluding hydrogens is 699 g/mol. The number of benzene rings is 2. The molecule has 4 heterocycles. The molecule has 2 aromatic carbocycles. The van der Waals surface area contributed by atoms with E-state index in [2.05, 4.69) is 44.4 Å². The summed E-state index contributed by atoms with van der Waals surface area (Å²) in [7, 11) is 3.15. The van der Waals surface area contributed by atoms with Gasteiger partial charge in [0.25, 0.3) is 0 Å². The summed E-state index contributed by atoms with van der Waals surface area (Å²) >= 11 is 14.2. The van der Waals surface area contributed by atoms with Crippen LogP contribution in [0.4, 0.5) is 0 Å². The summed E-state index contributed by atoms with van der Waals surface area (Å²) in [6, 6.07) is 15.7. The third-order valence-corrected chi connectivity index (χ3v) is 10.3. The highest BCUT2D eigenvalue weighted by atomic mass is 35.5. The molecule has 270 valence electrons. The number of amides is 1. The predicted octanol–water partition coefficient (Wildman–Crippen LogP) is 6.70. The minimum absolute atomic E-state index is 0.0709. The van der Waals surface area contributed by atoms with Gasteiger partial charge in [0.15, 0.2) is 0 Å². The number of likely N-dealkylation sites (tertiary alicyclic amines) is 1.